The van der Waals surface area contributed by atoms with Crippen LogP contribution in [-0.4, -0.2) is 16.5 Å². The molecular formula is C42H40N4. The first-order valence-electron chi connectivity index (χ1n) is 15.5. The van der Waals surface area contributed by atoms with Crippen molar-refractivity contribution in [3.8, 4) is 5.69 Å². The molecule has 0 aliphatic carbocycles. The summed E-state index contributed by atoms with van der Waals surface area (Å²) in [7, 11) is 0. The molecule has 0 saturated carbocycles. The van der Waals surface area contributed by atoms with Gasteiger partial charge >= 0.3 is 0 Å². The summed E-state index contributed by atoms with van der Waals surface area (Å²) in [6.45, 7) is 16.4. The van der Waals surface area contributed by atoms with E-state index < -0.39 is 0 Å². The fourth-order valence-electron chi connectivity index (χ4n) is 5.68. The van der Waals surface area contributed by atoms with Crippen molar-refractivity contribution >= 4 is 45.0 Å². The quantitative estimate of drug-likeness (QED) is 0.102. The van der Waals surface area contributed by atoms with Crippen LogP contribution < -0.4 is 5.32 Å². The van der Waals surface area contributed by atoms with E-state index in [-0.39, 0.29) is 0 Å². The van der Waals surface area contributed by atoms with Crippen molar-refractivity contribution in [1.82, 2.24) is 4.57 Å². The molecule has 2 N–H and O–H groups in total. The van der Waals surface area contributed by atoms with Gasteiger partial charge in [0.1, 0.15) is 0 Å². The zero-order chi connectivity index (χ0) is 32.5. The summed E-state index contributed by atoms with van der Waals surface area (Å²) in [5.74, 6) is 0. The number of aliphatic imine (C=N–C) groups is 1. The van der Waals surface area contributed by atoms with Gasteiger partial charge in [-0.25, -0.2) is 0 Å². The number of benzene rings is 4. The second-order valence-electron chi connectivity index (χ2n) is 11.1. The van der Waals surface area contributed by atoms with Crippen LogP contribution in [-0.2, 0) is 0 Å². The van der Waals surface area contributed by atoms with E-state index >= 15 is 0 Å². The minimum Gasteiger partial charge on any atom is -0.362 e. The summed E-state index contributed by atoms with van der Waals surface area (Å²) in [6.07, 6.45) is 14.5. The number of nitrogens with zero attached hydrogens (tertiary/aromatic N) is 2. The molecule has 4 nitrogen and oxygen atoms in total. The van der Waals surface area contributed by atoms with Crippen LogP contribution in [0.15, 0.2) is 164 Å². The summed E-state index contributed by atoms with van der Waals surface area (Å²) in [4.78, 5) is 4.51. The van der Waals surface area contributed by atoms with Crippen molar-refractivity contribution in [2.24, 2.45) is 4.99 Å². The van der Waals surface area contributed by atoms with E-state index in [2.05, 4.69) is 115 Å². The maximum absolute atomic E-state index is 8.61. The third-order valence-electron chi connectivity index (χ3n) is 7.96. The lowest BCUT2D eigenvalue weighted by molar-refractivity contribution is 1.000. The fraction of sp³-hybridized carbons (Fsp3) is 0.0952. The average Bonchev–Trinajstić information content (AvgIpc) is 3.42. The lowest BCUT2D eigenvalue weighted by atomic mass is 9.94. The summed E-state index contributed by atoms with van der Waals surface area (Å²) >= 11 is 0. The van der Waals surface area contributed by atoms with Crippen LogP contribution in [0.25, 0.3) is 33.1 Å². The van der Waals surface area contributed by atoms with Crippen LogP contribution in [0.1, 0.15) is 36.5 Å². The highest BCUT2D eigenvalue weighted by molar-refractivity contribution is 6.14. The molecule has 228 valence electrons. The number of hydrogen-bond acceptors (Lipinski definition) is 3. The third kappa shape index (κ3) is 7.14. The Balaban J connectivity index is 1.41. The number of nitrogens with one attached hydrogen (secondary N) is 2. The first-order valence-corrected chi connectivity index (χ1v) is 15.5. The summed E-state index contributed by atoms with van der Waals surface area (Å²) < 4.78 is 2.32. The Labute approximate surface area is 272 Å². The fourth-order valence-corrected chi connectivity index (χ4v) is 5.68. The standard InChI is InChI=1S/C42H40N4/c1-6-8-20-39(43)34-27-30(3)28-36(29-34)46-40-21-13-12-18-38(40)42-37(19-14-22-41(42)46)33(7-2)24-23-31(4)32(5)44-25-15-26-45-35-16-10-9-11-17-35/h6-22,25-29,43,45H,1,4-5,23-24H2,2-3H3/b20-8-,26-15-,33-7+,43-39?,44-25?. The largest absolute Gasteiger partial charge is 0.362 e. The Morgan fingerprint density at radius 1 is 0.891 bits per heavy atom. The van der Waals surface area contributed by atoms with Gasteiger partial charge in [-0.3, -0.25) is 4.99 Å². The Kier molecular flexibility index (Phi) is 10.2. The predicted octanol–water partition coefficient (Wildman–Crippen LogP) is 11.2. The number of aromatic nitrogens is 1. The highest BCUT2D eigenvalue weighted by atomic mass is 15.0. The van der Waals surface area contributed by atoms with E-state index in [9.17, 15) is 0 Å². The molecule has 0 amide bonds. The molecule has 0 aliphatic heterocycles. The van der Waals surface area contributed by atoms with Crippen molar-refractivity contribution < 1.29 is 0 Å². The number of fused-ring (bicyclic) bond motifs is 3. The van der Waals surface area contributed by atoms with Gasteiger partial charge in [0.05, 0.1) is 22.4 Å². The number of para-hydroxylation sites is 2. The van der Waals surface area contributed by atoms with Crippen molar-refractivity contribution in [3.05, 3.63) is 175 Å². The summed E-state index contributed by atoms with van der Waals surface area (Å²) in [6, 6.07) is 31.4. The lowest BCUT2D eigenvalue weighted by Gasteiger charge is -2.13. The van der Waals surface area contributed by atoms with Crippen molar-refractivity contribution in [1.29, 1.82) is 5.41 Å². The normalized spacial score (nSPS) is 12.1. The second-order valence-corrected chi connectivity index (χ2v) is 11.1. The molecule has 5 aromatic rings. The average molecular weight is 601 g/mol. The molecule has 0 radical (unpaired) electrons. The van der Waals surface area contributed by atoms with E-state index in [0.717, 1.165) is 51.9 Å². The van der Waals surface area contributed by atoms with Crippen molar-refractivity contribution in [3.63, 3.8) is 0 Å². The number of hydrogen-bond donors (Lipinski definition) is 2. The maximum atomic E-state index is 8.61. The lowest BCUT2D eigenvalue weighted by Crippen LogP contribution is -2.00. The molecule has 1 aromatic heterocycles. The van der Waals surface area contributed by atoms with E-state index in [0.29, 0.717) is 11.4 Å². The Morgan fingerprint density at radius 2 is 1.65 bits per heavy atom. The zero-order valence-electron chi connectivity index (χ0n) is 26.6. The van der Waals surface area contributed by atoms with E-state index in [1.165, 1.54) is 21.9 Å². The molecular weight excluding hydrogens is 560 g/mol. The van der Waals surface area contributed by atoms with Crippen LogP contribution in [0.2, 0.25) is 0 Å². The predicted molar refractivity (Wildman–Crippen MR) is 201 cm³/mol. The van der Waals surface area contributed by atoms with Gasteiger partial charge in [0.2, 0.25) is 0 Å². The van der Waals surface area contributed by atoms with Crippen LogP contribution in [0, 0.1) is 12.3 Å². The van der Waals surface area contributed by atoms with Crippen LogP contribution in [0.3, 0.4) is 0 Å². The first kappa shape index (κ1) is 31.7. The Hall–Kier alpha value is -5.74. The summed E-state index contributed by atoms with van der Waals surface area (Å²) in [5, 5.41) is 14.2. The molecule has 0 spiro atoms. The Bertz CT molecular complexity index is 2050. The molecule has 5 rings (SSSR count). The third-order valence-corrected chi connectivity index (χ3v) is 7.96. The topological polar surface area (TPSA) is 53.2 Å². The maximum Gasteiger partial charge on any atom is 0.0613 e. The molecule has 46 heavy (non-hydrogen) atoms. The number of rotatable bonds is 13. The first-order chi connectivity index (χ1) is 22.4. The van der Waals surface area contributed by atoms with E-state index in [1.54, 1.807) is 24.4 Å². The van der Waals surface area contributed by atoms with Gasteiger partial charge in [0.15, 0.2) is 0 Å². The van der Waals surface area contributed by atoms with E-state index in [4.69, 9.17) is 5.41 Å². The monoisotopic (exact) mass is 600 g/mol. The highest BCUT2D eigenvalue weighted by Crippen LogP contribution is 2.38. The molecule has 0 aliphatic rings. The van der Waals surface area contributed by atoms with Gasteiger partial charge in [0, 0.05) is 40.1 Å². The molecule has 0 atom stereocenters. The SMILES string of the molecule is C=C/C=C\C(=N)c1cc(C)cc(-n2c3ccccc3c3c(/C(=C/C)CCC(=C)C(=C)N=C/C=C\Nc4ccccc4)cccc32)c1. The molecule has 4 heteroatoms. The number of allylic oxidation sites excluding steroid dienone is 7. The van der Waals surface area contributed by atoms with Crippen molar-refractivity contribution in [2.75, 3.05) is 5.32 Å². The van der Waals surface area contributed by atoms with Gasteiger partial charge in [-0.15, -0.1) is 0 Å². The van der Waals surface area contributed by atoms with Crippen LogP contribution >= 0.6 is 0 Å². The minimum absolute atomic E-state index is 0.452. The van der Waals surface area contributed by atoms with Gasteiger partial charge in [0.25, 0.3) is 0 Å². The molecule has 1 heterocycles. The molecule has 4 aromatic carbocycles. The van der Waals surface area contributed by atoms with Gasteiger partial charge < -0.3 is 15.3 Å². The van der Waals surface area contributed by atoms with Gasteiger partial charge in [-0.05, 0) is 104 Å². The van der Waals surface area contributed by atoms with Crippen molar-refractivity contribution in [2.45, 2.75) is 26.7 Å². The molecule has 0 bridgehead atoms. The zero-order valence-corrected chi connectivity index (χ0v) is 26.6. The smallest absolute Gasteiger partial charge is 0.0613 e. The molecule has 0 fully saturated rings. The van der Waals surface area contributed by atoms with Crippen LogP contribution in [0.4, 0.5) is 5.69 Å². The van der Waals surface area contributed by atoms with E-state index in [1.807, 2.05) is 42.6 Å². The molecule has 0 unspecified atom stereocenters. The number of aryl methyl sites for hydroxylation is 1. The molecule has 0 saturated heterocycles. The highest BCUT2D eigenvalue weighted by Gasteiger charge is 2.17. The Morgan fingerprint density at radius 3 is 2.43 bits per heavy atom. The van der Waals surface area contributed by atoms with Gasteiger partial charge in [-0.2, -0.15) is 0 Å². The van der Waals surface area contributed by atoms with Crippen LogP contribution in [0.5, 0.6) is 0 Å². The minimum atomic E-state index is 0.452. The second kappa shape index (κ2) is 14.8. The van der Waals surface area contributed by atoms with Gasteiger partial charge in [-0.1, -0.05) is 86.5 Å². The number of anilines is 1. The summed E-state index contributed by atoms with van der Waals surface area (Å²) in [5.41, 5.74) is 10.8.